The molecule has 128 valence electrons. The zero-order valence-corrected chi connectivity index (χ0v) is 14.6. The van der Waals surface area contributed by atoms with Gasteiger partial charge in [-0.25, -0.2) is 12.8 Å². The van der Waals surface area contributed by atoms with Crippen LogP contribution in [-0.4, -0.2) is 23.9 Å². The quantitative estimate of drug-likeness (QED) is 0.706. The Morgan fingerprint density at radius 2 is 1.72 bits per heavy atom. The molecule has 25 heavy (non-hydrogen) atoms. The Labute approximate surface area is 147 Å². The number of carbonyl (C=O) groups excluding carboxylic acids is 1. The fourth-order valence-corrected chi connectivity index (χ4v) is 4.34. The van der Waals surface area contributed by atoms with Crippen LogP contribution in [0.15, 0.2) is 57.6 Å². The summed E-state index contributed by atoms with van der Waals surface area (Å²) in [5, 5.41) is 6.23. The van der Waals surface area contributed by atoms with Crippen LogP contribution in [0.5, 0.6) is 0 Å². The van der Waals surface area contributed by atoms with Gasteiger partial charge >= 0.3 is 0 Å². The molecular formula is C16H12FN3O3S2. The highest BCUT2D eigenvalue weighted by Crippen LogP contribution is 2.26. The Balaban J connectivity index is 1.93. The van der Waals surface area contributed by atoms with Crippen molar-refractivity contribution in [3.63, 3.8) is 0 Å². The number of amides is 1. The van der Waals surface area contributed by atoms with Gasteiger partial charge in [0.2, 0.25) is 9.84 Å². The molecule has 0 saturated heterocycles. The van der Waals surface area contributed by atoms with Gasteiger partial charge in [0, 0.05) is 17.2 Å². The van der Waals surface area contributed by atoms with Crippen LogP contribution in [0.25, 0.3) is 0 Å². The van der Waals surface area contributed by atoms with Crippen LogP contribution in [0.4, 0.5) is 10.1 Å². The average Bonchev–Trinajstić information content (AvgIpc) is 3.08. The SMILES string of the molecule is Cc1ccc(NC(=O)c2nnsc2S(=O)(=O)c2ccc(F)cc2)cc1. The maximum atomic E-state index is 13.0. The molecule has 3 rings (SSSR count). The van der Waals surface area contributed by atoms with E-state index in [9.17, 15) is 17.6 Å². The summed E-state index contributed by atoms with van der Waals surface area (Å²) < 4.78 is 41.6. The number of nitrogens with one attached hydrogen (secondary N) is 1. The molecule has 0 atom stereocenters. The standard InChI is InChI=1S/C16H12FN3O3S2/c1-10-2-6-12(7-3-10)18-15(21)14-16(24-20-19-14)25(22,23)13-8-4-11(17)5-9-13/h2-9H,1H3,(H,18,21). The number of hydrogen-bond donors (Lipinski definition) is 1. The van der Waals surface area contributed by atoms with E-state index in [0.29, 0.717) is 17.2 Å². The minimum Gasteiger partial charge on any atom is -0.321 e. The van der Waals surface area contributed by atoms with Crippen molar-refractivity contribution >= 4 is 33.0 Å². The topological polar surface area (TPSA) is 89.0 Å². The predicted molar refractivity (Wildman–Crippen MR) is 90.9 cm³/mol. The van der Waals surface area contributed by atoms with E-state index in [-0.39, 0.29) is 14.8 Å². The smallest absolute Gasteiger partial charge is 0.278 e. The summed E-state index contributed by atoms with van der Waals surface area (Å²) >= 11 is 0.593. The molecule has 3 aromatic rings. The molecule has 0 radical (unpaired) electrons. The molecule has 1 N–H and O–H groups in total. The summed E-state index contributed by atoms with van der Waals surface area (Å²) in [6.07, 6.45) is 0. The van der Waals surface area contributed by atoms with Gasteiger partial charge in [-0.05, 0) is 43.3 Å². The van der Waals surface area contributed by atoms with Crippen molar-refractivity contribution in [1.82, 2.24) is 9.59 Å². The van der Waals surface area contributed by atoms with Gasteiger partial charge in [0.15, 0.2) is 9.90 Å². The van der Waals surface area contributed by atoms with Gasteiger partial charge in [-0.15, -0.1) is 5.10 Å². The number of nitrogens with zero attached hydrogens (tertiary/aromatic N) is 2. The third kappa shape index (κ3) is 3.57. The molecule has 0 saturated carbocycles. The molecule has 0 aliphatic heterocycles. The van der Waals surface area contributed by atoms with E-state index < -0.39 is 21.6 Å². The first-order valence-corrected chi connectivity index (χ1v) is 9.34. The van der Waals surface area contributed by atoms with Crippen molar-refractivity contribution in [2.45, 2.75) is 16.0 Å². The predicted octanol–water partition coefficient (Wildman–Crippen LogP) is 3.07. The van der Waals surface area contributed by atoms with Crippen molar-refractivity contribution in [2.24, 2.45) is 0 Å². The number of aromatic nitrogens is 2. The highest BCUT2D eigenvalue weighted by atomic mass is 32.2. The zero-order chi connectivity index (χ0) is 18.0. The van der Waals surface area contributed by atoms with E-state index in [1.54, 1.807) is 12.1 Å². The van der Waals surface area contributed by atoms with Crippen LogP contribution in [0.1, 0.15) is 16.1 Å². The Morgan fingerprint density at radius 1 is 1.08 bits per heavy atom. The number of aryl methyl sites for hydroxylation is 1. The summed E-state index contributed by atoms with van der Waals surface area (Å²) in [6, 6.07) is 11.3. The van der Waals surface area contributed by atoms with Crippen LogP contribution in [0.3, 0.4) is 0 Å². The lowest BCUT2D eigenvalue weighted by Crippen LogP contribution is -2.16. The normalized spacial score (nSPS) is 11.3. The molecule has 0 bridgehead atoms. The summed E-state index contributed by atoms with van der Waals surface area (Å²) in [6.45, 7) is 1.91. The second-order valence-electron chi connectivity index (χ2n) is 5.19. The van der Waals surface area contributed by atoms with Gasteiger partial charge in [-0.1, -0.05) is 22.2 Å². The second-order valence-corrected chi connectivity index (χ2v) is 8.09. The number of carbonyl (C=O) groups is 1. The van der Waals surface area contributed by atoms with Crippen LogP contribution >= 0.6 is 11.5 Å². The Kier molecular flexibility index (Phi) is 4.60. The summed E-state index contributed by atoms with van der Waals surface area (Å²) in [7, 11) is -4.02. The van der Waals surface area contributed by atoms with Crippen LogP contribution < -0.4 is 5.32 Å². The minimum absolute atomic E-state index is 0.135. The highest BCUT2D eigenvalue weighted by molar-refractivity contribution is 7.93. The fourth-order valence-electron chi connectivity index (χ4n) is 2.04. The molecule has 0 spiro atoms. The van der Waals surface area contributed by atoms with Crippen molar-refractivity contribution in [2.75, 3.05) is 5.32 Å². The zero-order valence-electron chi connectivity index (χ0n) is 12.9. The van der Waals surface area contributed by atoms with Crippen molar-refractivity contribution in [3.05, 3.63) is 65.6 Å². The first-order valence-electron chi connectivity index (χ1n) is 7.09. The first-order chi connectivity index (χ1) is 11.9. The summed E-state index contributed by atoms with van der Waals surface area (Å²) in [5.41, 5.74) is 1.23. The van der Waals surface area contributed by atoms with Crippen LogP contribution in [0.2, 0.25) is 0 Å². The molecule has 1 heterocycles. The van der Waals surface area contributed by atoms with Crippen molar-refractivity contribution in [1.29, 1.82) is 0 Å². The molecule has 0 aliphatic rings. The second kappa shape index (κ2) is 6.69. The largest absolute Gasteiger partial charge is 0.321 e. The molecule has 0 fully saturated rings. The number of hydrogen-bond acceptors (Lipinski definition) is 6. The molecule has 1 aromatic heterocycles. The number of sulfone groups is 1. The maximum absolute atomic E-state index is 13.0. The van der Waals surface area contributed by atoms with E-state index in [0.717, 1.165) is 29.8 Å². The Hall–Kier alpha value is -2.65. The van der Waals surface area contributed by atoms with E-state index in [2.05, 4.69) is 14.9 Å². The van der Waals surface area contributed by atoms with Gasteiger partial charge < -0.3 is 5.32 Å². The lowest BCUT2D eigenvalue weighted by atomic mass is 10.2. The van der Waals surface area contributed by atoms with Gasteiger partial charge in [0.05, 0.1) is 4.90 Å². The number of benzene rings is 2. The van der Waals surface area contributed by atoms with E-state index >= 15 is 0 Å². The van der Waals surface area contributed by atoms with E-state index in [4.69, 9.17) is 0 Å². The molecule has 2 aromatic carbocycles. The number of halogens is 1. The number of anilines is 1. The van der Waals surface area contributed by atoms with Crippen molar-refractivity contribution in [3.8, 4) is 0 Å². The van der Waals surface area contributed by atoms with E-state index in [1.165, 1.54) is 0 Å². The van der Waals surface area contributed by atoms with Gasteiger partial charge in [-0.2, -0.15) is 0 Å². The van der Waals surface area contributed by atoms with Gasteiger partial charge in [0.25, 0.3) is 5.91 Å². The van der Waals surface area contributed by atoms with Crippen LogP contribution in [-0.2, 0) is 9.84 Å². The molecule has 9 heteroatoms. The molecule has 0 unspecified atom stereocenters. The first kappa shape index (κ1) is 17.2. The maximum Gasteiger partial charge on any atom is 0.278 e. The molecule has 6 nitrogen and oxygen atoms in total. The highest BCUT2D eigenvalue weighted by Gasteiger charge is 2.29. The minimum atomic E-state index is -4.02. The van der Waals surface area contributed by atoms with Crippen molar-refractivity contribution < 1.29 is 17.6 Å². The lowest BCUT2D eigenvalue weighted by Gasteiger charge is -2.06. The molecular weight excluding hydrogens is 365 g/mol. The lowest BCUT2D eigenvalue weighted by molar-refractivity contribution is 0.101. The van der Waals surface area contributed by atoms with Gasteiger partial charge in [-0.3, -0.25) is 4.79 Å². The van der Waals surface area contributed by atoms with E-state index in [1.807, 2.05) is 19.1 Å². The average molecular weight is 377 g/mol. The summed E-state index contributed by atoms with van der Waals surface area (Å²) in [4.78, 5) is 12.2. The molecule has 0 aliphatic carbocycles. The Bertz CT molecular complexity index is 1010. The fraction of sp³-hybridized carbons (Fsp3) is 0.0625. The summed E-state index contributed by atoms with van der Waals surface area (Å²) in [5.74, 6) is -1.24. The Morgan fingerprint density at radius 3 is 2.36 bits per heavy atom. The third-order valence-corrected chi connectivity index (χ3v) is 6.33. The van der Waals surface area contributed by atoms with Gasteiger partial charge in [0.1, 0.15) is 5.82 Å². The van der Waals surface area contributed by atoms with Crippen LogP contribution in [0, 0.1) is 12.7 Å². The molecule has 1 amide bonds. The monoisotopic (exact) mass is 377 g/mol. The third-order valence-electron chi connectivity index (χ3n) is 3.35. The number of rotatable bonds is 4.